The van der Waals surface area contributed by atoms with Gasteiger partial charge in [-0.1, -0.05) is 30.3 Å². The Hall–Kier alpha value is -1.12. The van der Waals surface area contributed by atoms with E-state index in [2.05, 4.69) is 54.0 Å². The van der Waals surface area contributed by atoms with E-state index in [1.165, 1.54) is 16.9 Å². The summed E-state index contributed by atoms with van der Waals surface area (Å²) in [5, 5.41) is 5.78. The molecule has 0 amide bonds. The van der Waals surface area contributed by atoms with E-state index in [0.29, 0.717) is 12.0 Å². The van der Waals surface area contributed by atoms with Gasteiger partial charge in [0.1, 0.15) is 0 Å². The first-order valence-electron chi connectivity index (χ1n) is 6.19. The number of rotatable bonds is 4. The normalized spacial score (nSPS) is 19.5. The van der Waals surface area contributed by atoms with Gasteiger partial charge < -0.3 is 5.32 Å². The minimum atomic E-state index is 0.475. The molecule has 88 valence electrons. The van der Waals surface area contributed by atoms with Crippen LogP contribution in [-0.4, -0.2) is 6.54 Å². The van der Waals surface area contributed by atoms with E-state index >= 15 is 0 Å². The van der Waals surface area contributed by atoms with E-state index in [0.717, 1.165) is 6.54 Å². The lowest BCUT2D eigenvalue weighted by Crippen LogP contribution is -2.30. The molecule has 1 nitrogen and oxygen atoms in total. The molecule has 0 saturated heterocycles. The van der Waals surface area contributed by atoms with Gasteiger partial charge in [0.05, 0.1) is 0 Å². The number of benzene rings is 1. The van der Waals surface area contributed by atoms with E-state index in [-0.39, 0.29) is 0 Å². The van der Waals surface area contributed by atoms with Crippen molar-refractivity contribution in [3.05, 3.63) is 57.8 Å². The average molecular weight is 243 g/mol. The van der Waals surface area contributed by atoms with Crippen LogP contribution in [0.5, 0.6) is 0 Å². The molecular weight excluding hydrogens is 226 g/mol. The molecule has 0 bridgehead atoms. The van der Waals surface area contributed by atoms with Crippen molar-refractivity contribution in [1.82, 2.24) is 5.32 Å². The number of thiophene rings is 1. The lowest BCUT2D eigenvalue weighted by atomic mass is 9.77. The zero-order chi connectivity index (χ0) is 11.7. The molecule has 2 heteroatoms. The quantitative estimate of drug-likeness (QED) is 0.862. The van der Waals surface area contributed by atoms with Crippen LogP contribution in [-0.2, 0) is 6.42 Å². The van der Waals surface area contributed by atoms with Crippen LogP contribution in [0.15, 0.2) is 41.8 Å². The van der Waals surface area contributed by atoms with Crippen LogP contribution in [0.4, 0.5) is 0 Å². The predicted molar refractivity (Wildman–Crippen MR) is 73.6 cm³/mol. The summed E-state index contributed by atoms with van der Waals surface area (Å²) in [6.07, 6.45) is 1.24. The van der Waals surface area contributed by atoms with Crippen molar-refractivity contribution >= 4 is 11.3 Å². The maximum atomic E-state index is 3.64. The van der Waals surface area contributed by atoms with Gasteiger partial charge in [-0.3, -0.25) is 0 Å². The molecule has 2 atom stereocenters. The summed E-state index contributed by atoms with van der Waals surface area (Å²) >= 11 is 1.83. The SMILES string of the molecule is CC(NCC1Cc2ccccc21)c1cccs1. The second-order valence-corrected chi connectivity index (χ2v) is 5.72. The van der Waals surface area contributed by atoms with Gasteiger partial charge in [-0.2, -0.15) is 0 Å². The first kappa shape index (κ1) is 11.0. The standard InChI is InChI=1S/C15H17NS/c1-11(15-7-4-8-17-15)16-10-13-9-12-5-2-3-6-14(12)13/h2-8,11,13,16H,9-10H2,1H3. The van der Waals surface area contributed by atoms with Gasteiger partial charge in [0.25, 0.3) is 0 Å². The smallest absolute Gasteiger partial charge is 0.0386 e. The molecule has 0 aliphatic heterocycles. The summed E-state index contributed by atoms with van der Waals surface area (Å²) in [7, 11) is 0. The Morgan fingerprint density at radius 1 is 1.29 bits per heavy atom. The summed E-state index contributed by atoms with van der Waals surface area (Å²) in [6.45, 7) is 3.34. The predicted octanol–water partition coefficient (Wildman–Crippen LogP) is 3.74. The Kier molecular flexibility index (Phi) is 3.00. The van der Waals surface area contributed by atoms with Crippen LogP contribution in [0.1, 0.15) is 34.9 Å². The van der Waals surface area contributed by atoms with Crippen molar-refractivity contribution in [2.45, 2.75) is 25.3 Å². The molecule has 2 unspecified atom stereocenters. The third-order valence-electron chi connectivity index (χ3n) is 3.60. The average Bonchev–Trinajstić information content (AvgIpc) is 2.83. The molecule has 1 aliphatic rings. The van der Waals surface area contributed by atoms with E-state index in [1.54, 1.807) is 5.56 Å². The zero-order valence-corrected chi connectivity index (χ0v) is 10.8. The van der Waals surface area contributed by atoms with Gasteiger partial charge in [-0.15, -0.1) is 11.3 Å². The molecule has 2 aromatic rings. The van der Waals surface area contributed by atoms with Crippen LogP contribution < -0.4 is 5.32 Å². The van der Waals surface area contributed by atoms with E-state index < -0.39 is 0 Å². The molecule has 3 rings (SSSR count). The summed E-state index contributed by atoms with van der Waals surface area (Å²) in [5.41, 5.74) is 3.07. The fraction of sp³-hybridized carbons (Fsp3) is 0.333. The number of hydrogen-bond donors (Lipinski definition) is 1. The van der Waals surface area contributed by atoms with Crippen molar-refractivity contribution in [2.24, 2.45) is 0 Å². The highest BCUT2D eigenvalue weighted by molar-refractivity contribution is 7.10. The first-order chi connectivity index (χ1) is 8.34. The molecule has 0 fully saturated rings. The van der Waals surface area contributed by atoms with Crippen LogP contribution >= 0.6 is 11.3 Å². The van der Waals surface area contributed by atoms with Gasteiger partial charge in [-0.25, -0.2) is 0 Å². The first-order valence-corrected chi connectivity index (χ1v) is 7.07. The zero-order valence-electron chi connectivity index (χ0n) is 10.0. The highest BCUT2D eigenvalue weighted by Crippen LogP contribution is 2.34. The second-order valence-electron chi connectivity index (χ2n) is 4.75. The lowest BCUT2D eigenvalue weighted by molar-refractivity contribution is 0.493. The van der Waals surface area contributed by atoms with Crippen molar-refractivity contribution in [1.29, 1.82) is 0 Å². The van der Waals surface area contributed by atoms with Gasteiger partial charge in [0, 0.05) is 23.4 Å². The molecule has 0 radical (unpaired) electrons. The van der Waals surface area contributed by atoms with E-state index in [1.807, 2.05) is 11.3 Å². The largest absolute Gasteiger partial charge is 0.309 e. The van der Waals surface area contributed by atoms with Crippen molar-refractivity contribution in [3.8, 4) is 0 Å². The fourth-order valence-corrected chi connectivity index (χ4v) is 3.26. The van der Waals surface area contributed by atoms with Gasteiger partial charge >= 0.3 is 0 Å². The molecular formula is C15H17NS. The Morgan fingerprint density at radius 2 is 2.18 bits per heavy atom. The van der Waals surface area contributed by atoms with Crippen molar-refractivity contribution < 1.29 is 0 Å². The molecule has 0 saturated carbocycles. The Bertz CT molecular complexity index is 489. The van der Waals surface area contributed by atoms with Crippen molar-refractivity contribution in [3.63, 3.8) is 0 Å². The van der Waals surface area contributed by atoms with E-state index in [4.69, 9.17) is 0 Å². The fourth-order valence-electron chi connectivity index (χ4n) is 2.50. The van der Waals surface area contributed by atoms with Crippen LogP contribution in [0.3, 0.4) is 0 Å². The summed E-state index contributed by atoms with van der Waals surface area (Å²) in [5.74, 6) is 0.716. The number of fused-ring (bicyclic) bond motifs is 1. The minimum Gasteiger partial charge on any atom is -0.309 e. The minimum absolute atomic E-state index is 0.475. The highest BCUT2D eigenvalue weighted by Gasteiger charge is 2.25. The molecule has 1 aromatic heterocycles. The number of hydrogen-bond acceptors (Lipinski definition) is 2. The molecule has 1 aromatic carbocycles. The summed E-state index contributed by atoms with van der Waals surface area (Å²) in [4.78, 5) is 1.43. The van der Waals surface area contributed by atoms with Gasteiger partial charge in [0.2, 0.25) is 0 Å². The monoisotopic (exact) mass is 243 g/mol. The van der Waals surface area contributed by atoms with Crippen molar-refractivity contribution in [2.75, 3.05) is 6.54 Å². The Balaban J connectivity index is 1.57. The molecule has 17 heavy (non-hydrogen) atoms. The van der Waals surface area contributed by atoms with Gasteiger partial charge in [0.15, 0.2) is 0 Å². The van der Waals surface area contributed by atoms with Crippen LogP contribution in [0.2, 0.25) is 0 Å². The molecule has 1 aliphatic carbocycles. The second kappa shape index (κ2) is 4.63. The van der Waals surface area contributed by atoms with E-state index in [9.17, 15) is 0 Å². The third-order valence-corrected chi connectivity index (χ3v) is 4.66. The summed E-state index contributed by atoms with van der Waals surface area (Å²) < 4.78 is 0. The maximum Gasteiger partial charge on any atom is 0.0386 e. The molecule has 0 spiro atoms. The molecule has 1 N–H and O–H groups in total. The third kappa shape index (κ3) is 2.15. The maximum absolute atomic E-state index is 3.64. The topological polar surface area (TPSA) is 12.0 Å². The molecule has 1 heterocycles. The Labute approximate surface area is 106 Å². The van der Waals surface area contributed by atoms with Crippen LogP contribution in [0, 0.1) is 0 Å². The lowest BCUT2D eigenvalue weighted by Gasteiger charge is -2.31. The highest BCUT2D eigenvalue weighted by atomic mass is 32.1. The van der Waals surface area contributed by atoms with Crippen LogP contribution in [0.25, 0.3) is 0 Å². The van der Waals surface area contributed by atoms with Gasteiger partial charge in [-0.05, 0) is 35.9 Å². The number of nitrogens with one attached hydrogen (secondary N) is 1. The summed E-state index contributed by atoms with van der Waals surface area (Å²) in [6, 6.07) is 13.6. The Morgan fingerprint density at radius 3 is 2.94 bits per heavy atom.